The molecule has 1 aliphatic heterocycles. The molecule has 7 nitrogen and oxygen atoms in total. The maximum absolute atomic E-state index is 14.7. The second-order valence-corrected chi connectivity index (χ2v) is 15.0. The summed E-state index contributed by atoms with van der Waals surface area (Å²) in [6, 6.07) is 19.5. The molecule has 1 fully saturated rings. The Morgan fingerprint density at radius 1 is 0.900 bits per heavy atom. The van der Waals surface area contributed by atoms with Crippen molar-refractivity contribution in [3.05, 3.63) is 118 Å². The first-order chi connectivity index (χ1) is 23.5. The van der Waals surface area contributed by atoms with Crippen LogP contribution in [0.3, 0.4) is 0 Å². The molecule has 264 valence electrons. The number of carboxylic acids is 1. The van der Waals surface area contributed by atoms with Gasteiger partial charge in [0, 0.05) is 48.7 Å². The van der Waals surface area contributed by atoms with Crippen LogP contribution >= 0.6 is 0 Å². The van der Waals surface area contributed by atoms with Gasteiger partial charge in [-0.25, -0.2) is 13.6 Å². The number of rotatable bonds is 10. The van der Waals surface area contributed by atoms with E-state index in [-0.39, 0.29) is 29.9 Å². The third-order valence-electron chi connectivity index (χ3n) is 9.26. The van der Waals surface area contributed by atoms with Crippen LogP contribution in [0.2, 0.25) is 0 Å². The summed E-state index contributed by atoms with van der Waals surface area (Å²) >= 11 is 0. The lowest BCUT2D eigenvalue weighted by Gasteiger charge is -2.41. The molecule has 2 heterocycles. The van der Waals surface area contributed by atoms with Gasteiger partial charge in [-0.2, -0.15) is 0 Å². The number of benzene rings is 3. The summed E-state index contributed by atoms with van der Waals surface area (Å²) in [5.41, 5.74) is 5.37. The Bertz CT molecular complexity index is 1840. The zero-order valence-corrected chi connectivity index (χ0v) is 30.0. The van der Waals surface area contributed by atoms with Crippen LogP contribution in [0.4, 0.5) is 14.5 Å². The standard InChI is InChI=1S/C41H47F2N3O4/c1-26-34(36(45-22-20-41(6,7)21-23-45)35(27(2)44-26)37(39(48)49)50-40(3,4)5)30-16-12-28(13-17-30)24-46(25-29-14-18-31(42)19-15-29)38(47)32-10-8-9-11-33(32)43/h8-19,37H,20-25H2,1-7H3,(H,48,49). The van der Waals surface area contributed by atoms with E-state index in [0.29, 0.717) is 16.8 Å². The van der Waals surface area contributed by atoms with Crippen molar-refractivity contribution in [1.82, 2.24) is 9.88 Å². The molecule has 1 saturated heterocycles. The zero-order chi connectivity index (χ0) is 36.4. The van der Waals surface area contributed by atoms with Crippen LogP contribution in [0.25, 0.3) is 11.1 Å². The SMILES string of the molecule is Cc1nc(C)c(C(OC(C)(C)C)C(=O)O)c(N2CCC(C)(C)CC2)c1-c1ccc(CN(Cc2ccc(F)cc2)C(=O)c2ccccc2F)cc1. The van der Waals surface area contributed by atoms with Gasteiger partial charge >= 0.3 is 5.97 Å². The lowest BCUT2D eigenvalue weighted by atomic mass is 9.81. The number of halogens is 2. The molecule has 1 unspecified atom stereocenters. The number of carbonyl (C=O) groups excluding carboxylic acids is 1. The molecular weight excluding hydrogens is 636 g/mol. The summed E-state index contributed by atoms with van der Waals surface area (Å²) in [6.07, 6.45) is 0.668. The van der Waals surface area contributed by atoms with Gasteiger partial charge < -0.3 is 19.6 Å². The predicted molar refractivity (Wildman–Crippen MR) is 192 cm³/mol. The number of carbonyl (C=O) groups is 2. The van der Waals surface area contributed by atoms with E-state index in [9.17, 15) is 23.5 Å². The molecule has 1 N–H and O–H groups in total. The lowest BCUT2D eigenvalue weighted by molar-refractivity contribution is -0.160. The highest BCUT2D eigenvalue weighted by Gasteiger charge is 2.36. The Labute approximate surface area is 293 Å². The molecule has 1 aliphatic rings. The summed E-state index contributed by atoms with van der Waals surface area (Å²) in [5.74, 6) is -2.55. The van der Waals surface area contributed by atoms with Crippen LogP contribution in [-0.2, 0) is 22.6 Å². The second kappa shape index (κ2) is 14.7. The fourth-order valence-corrected chi connectivity index (χ4v) is 6.57. The minimum Gasteiger partial charge on any atom is -0.479 e. The number of carboxylic acid groups (broad SMARTS) is 1. The van der Waals surface area contributed by atoms with Crippen LogP contribution < -0.4 is 4.90 Å². The lowest BCUT2D eigenvalue weighted by Crippen LogP contribution is -2.39. The number of nitrogens with zero attached hydrogens (tertiary/aromatic N) is 3. The van der Waals surface area contributed by atoms with E-state index in [2.05, 4.69) is 18.7 Å². The van der Waals surface area contributed by atoms with Crippen LogP contribution in [0.15, 0.2) is 72.8 Å². The molecule has 50 heavy (non-hydrogen) atoms. The Kier molecular flexibility index (Phi) is 10.8. The Balaban J connectivity index is 1.56. The predicted octanol–water partition coefficient (Wildman–Crippen LogP) is 9.05. The molecule has 4 aromatic rings. The van der Waals surface area contributed by atoms with Crippen molar-refractivity contribution < 1.29 is 28.2 Å². The van der Waals surface area contributed by atoms with Crippen molar-refractivity contribution >= 4 is 17.6 Å². The fourth-order valence-electron chi connectivity index (χ4n) is 6.57. The smallest absolute Gasteiger partial charge is 0.337 e. The van der Waals surface area contributed by atoms with Gasteiger partial charge in [0.2, 0.25) is 0 Å². The van der Waals surface area contributed by atoms with Crippen molar-refractivity contribution in [3.8, 4) is 11.1 Å². The van der Waals surface area contributed by atoms with Gasteiger partial charge in [0.25, 0.3) is 5.91 Å². The maximum Gasteiger partial charge on any atom is 0.337 e. The largest absolute Gasteiger partial charge is 0.479 e. The van der Waals surface area contributed by atoms with Crippen molar-refractivity contribution in [3.63, 3.8) is 0 Å². The number of anilines is 1. The highest BCUT2D eigenvalue weighted by atomic mass is 19.1. The van der Waals surface area contributed by atoms with E-state index < -0.39 is 29.4 Å². The van der Waals surface area contributed by atoms with Gasteiger partial charge in [0.05, 0.1) is 16.9 Å². The molecule has 9 heteroatoms. The molecule has 1 amide bonds. The minimum atomic E-state index is -1.23. The number of aromatic nitrogens is 1. The molecule has 0 saturated carbocycles. The highest BCUT2D eigenvalue weighted by molar-refractivity contribution is 5.94. The molecular formula is C41H47F2N3O4. The van der Waals surface area contributed by atoms with Crippen molar-refractivity contribution in [1.29, 1.82) is 0 Å². The number of pyridine rings is 1. The number of piperidine rings is 1. The van der Waals surface area contributed by atoms with Gasteiger partial charge in [0.1, 0.15) is 11.6 Å². The van der Waals surface area contributed by atoms with Crippen LogP contribution in [-0.4, -0.2) is 45.6 Å². The van der Waals surface area contributed by atoms with Gasteiger partial charge in [-0.05, 0) is 93.8 Å². The average molecular weight is 684 g/mol. The van der Waals surface area contributed by atoms with Crippen molar-refractivity contribution in [2.24, 2.45) is 5.41 Å². The summed E-state index contributed by atoms with van der Waals surface area (Å²) in [6.45, 7) is 15.7. The van der Waals surface area contributed by atoms with E-state index in [0.717, 1.165) is 54.0 Å². The second-order valence-electron chi connectivity index (χ2n) is 15.0. The Morgan fingerprint density at radius 2 is 1.46 bits per heavy atom. The van der Waals surface area contributed by atoms with Crippen molar-refractivity contribution in [2.45, 2.75) is 86.1 Å². The fraction of sp³-hybridized carbons (Fsp3) is 0.390. The topological polar surface area (TPSA) is 83.0 Å². The van der Waals surface area contributed by atoms with E-state index in [1.165, 1.54) is 30.3 Å². The number of aryl methyl sites for hydroxylation is 2. The number of hydrogen-bond donors (Lipinski definition) is 1. The first kappa shape index (κ1) is 36.6. The number of amides is 1. The minimum absolute atomic E-state index is 0.0417. The molecule has 3 aromatic carbocycles. The van der Waals surface area contributed by atoms with Gasteiger partial charge in [0.15, 0.2) is 6.10 Å². The average Bonchev–Trinajstić information content (AvgIpc) is 3.04. The number of aliphatic carboxylic acids is 1. The maximum atomic E-state index is 14.7. The third-order valence-corrected chi connectivity index (χ3v) is 9.26. The Hall–Kier alpha value is -4.63. The highest BCUT2D eigenvalue weighted by Crippen LogP contribution is 2.45. The summed E-state index contributed by atoms with van der Waals surface area (Å²) in [4.78, 5) is 35.2. The summed E-state index contributed by atoms with van der Waals surface area (Å²) in [7, 11) is 0. The van der Waals surface area contributed by atoms with Gasteiger partial charge in [-0.3, -0.25) is 9.78 Å². The first-order valence-electron chi connectivity index (χ1n) is 17.1. The molecule has 0 bridgehead atoms. The van der Waals surface area contributed by atoms with E-state index in [4.69, 9.17) is 9.72 Å². The quantitative estimate of drug-likeness (QED) is 0.180. The molecule has 1 aromatic heterocycles. The molecule has 1 atom stereocenters. The van der Waals surface area contributed by atoms with Crippen molar-refractivity contribution in [2.75, 3.05) is 18.0 Å². The molecule has 0 spiro atoms. The van der Waals surface area contributed by atoms with Gasteiger partial charge in [-0.15, -0.1) is 0 Å². The summed E-state index contributed by atoms with van der Waals surface area (Å²) in [5, 5.41) is 10.5. The molecule has 5 rings (SSSR count). The van der Waals surface area contributed by atoms with Crippen LogP contribution in [0.5, 0.6) is 0 Å². The first-order valence-corrected chi connectivity index (χ1v) is 17.1. The van der Waals surface area contributed by atoms with E-state index in [1.54, 1.807) is 23.1 Å². The monoisotopic (exact) mass is 683 g/mol. The number of hydrogen-bond acceptors (Lipinski definition) is 5. The van der Waals surface area contributed by atoms with Crippen LogP contribution in [0, 0.1) is 30.9 Å². The summed E-state index contributed by atoms with van der Waals surface area (Å²) < 4.78 is 34.6. The number of ether oxygens (including phenoxy) is 1. The van der Waals surface area contributed by atoms with Gasteiger partial charge in [-0.1, -0.05) is 62.4 Å². The Morgan fingerprint density at radius 3 is 2.00 bits per heavy atom. The molecule has 0 radical (unpaired) electrons. The normalized spacial score (nSPS) is 15.1. The van der Waals surface area contributed by atoms with Crippen LogP contribution in [0.1, 0.15) is 92.0 Å². The van der Waals surface area contributed by atoms with E-state index in [1.807, 2.05) is 58.9 Å². The van der Waals surface area contributed by atoms with E-state index >= 15 is 0 Å². The molecule has 0 aliphatic carbocycles. The third kappa shape index (κ3) is 8.56. The zero-order valence-electron chi connectivity index (χ0n) is 30.0.